The van der Waals surface area contributed by atoms with Gasteiger partial charge in [-0.15, -0.1) is 0 Å². The van der Waals surface area contributed by atoms with Crippen LogP contribution in [0.3, 0.4) is 0 Å². The maximum atomic E-state index is 13.8. The van der Waals surface area contributed by atoms with Gasteiger partial charge in [-0.1, -0.05) is 6.92 Å². The number of fused-ring (bicyclic) bond motifs is 2. The average Bonchev–Trinajstić information content (AvgIpc) is 3.46. The van der Waals surface area contributed by atoms with E-state index in [9.17, 15) is 9.59 Å². The molecule has 13 atom stereocenters. The van der Waals surface area contributed by atoms with Gasteiger partial charge in [0, 0.05) is 88.9 Å². The zero-order chi connectivity index (χ0) is 31.9. The molecule has 1 spiro atoms. The lowest BCUT2D eigenvalue weighted by Crippen LogP contribution is -2.77. The third-order valence-corrected chi connectivity index (χ3v) is 13.2. The van der Waals surface area contributed by atoms with Crippen LogP contribution < -0.4 is 4.74 Å². The molecule has 1 aromatic rings. The Morgan fingerprint density at radius 1 is 0.978 bits per heavy atom. The fraction of sp³-hybridized carbons (Fsp3) is 0.771. The van der Waals surface area contributed by atoms with Crippen LogP contribution in [0, 0.1) is 40.4 Å². The van der Waals surface area contributed by atoms with Crippen LogP contribution in [-0.4, -0.2) is 108 Å². The van der Waals surface area contributed by atoms with Gasteiger partial charge in [0.2, 0.25) is 0 Å². The highest BCUT2D eigenvalue weighted by atomic mass is 16.6. The van der Waals surface area contributed by atoms with Crippen LogP contribution >= 0.6 is 0 Å². The molecule has 0 N–H and O–H groups in total. The Hall–Kier alpha value is -2.24. The van der Waals surface area contributed by atoms with Crippen molar-refractivity contribution in [1.82, 2.24) is 4.90 Å². The van der Waals surface area contributed by atoms with Gasteiger partial charge < -0.3 is 33.2 Å². The van der Waals surface area contributed by atoms with Crippen molar-refractivity contribution in [2.45, 2.75) is 75.6 Å². The summed E-state index contributed by atoms with van der Waals surface area (Å²) in [5.41, 5.74) is -0.937. The van der Waals surface area contributed by atoms with Gasteiger partial charge in [-0.3, -0.25) is 9.69 Å². The molecular weight excluding hydrogens is 578 g/mol. The standard InChI is InChI=1S/C35H49NO9/c1-8-36-17-33(18-39-3)14-13-25(42-6)35-23-15-22-24(41-5)16-34(45-19(2)37,27(31(35)36)29(43-7)30(33)35)26(23)28(22)44-32(38)20-9-11-21(40-4)12-10-20/h9-12,22-31H,8,13-18H2,1-7H3/t22-,23-,24-,25+,26-,27+,28+,29+,30-,31-,33+,34-,35+/m1/s1. The molecule has 0 unspecified atom stereocenters. The summed E-state index contributed by atoms with van der Waals surface area (Å²) in [5, 5.41) is 0. The summed E-state index contributed by atoms with van der Waals surface area (Å²) in [7, 11) is 8.77. The summed E-state index contributed by atoms with van der Waals surface area (Å²) in [5.74, 6) is -0.299. The van der Waals surface area contributed by atoms with Crippen LogP contribution in [0.15, 0.2) is 24.3 Å². The maximum Gasteiger partial charge on any atom is 0.338 e. The number of methoxy groups -OCH3 is 5. The van der Waals surface area contributed by atoms with Gasteiger partial charge in [-0.25, -0.2) is 4.79 Å². The molecule has 7 rings (SSSR count). The number of ether oxygens (including phenoxy) is 7. The SMILES string of the molecule is CCN1C[C@]2(COC)CC[C@H](OC)[C@@]34[C@@H]5C[C@H]6[C@H](OC(=O)c7ccc(OC)cc7)[C@@H]5[C@](OC(C)=O)(C[C@H]6OC)[C@@H]([C@H](OC)[C@H]23)[C@@H]14. The number of rotatable bonds is 10. The first-order chi connectivity index (χ1) is 21.7. The largest absolute Gasteiger partial charge is 0.497 e. The molecule has 1 heterocycles. The number of hydrogen-bond acceptors (Lipinski definition) is 10. The molecule has 248 valence electrons. The molecule has 1 aliphatic heterocycles. The van der Waals surface area contributed by atoms with Gasteiger partial charge in [0.1, 0.15) is 17.5 Å². The van der Waals surface area contributed by atoms with E-state index in [0.29, 0.717) is 24.3 Å². The highest BCUT2D eigenvalue weighted by Crippen LogP contribution is 2.80. The number of likely N-dealkylation sites (tertiary alicyclic amines) is 1. The van der Waals surface area contributed by atoms with Crippen molar-refractivity contribution in [2.24, 2.45) is 40.4 Å². The zero-order valence-corrected chi connectivity index (χ0v) is 27.7. The van der Waals surface area contributed by atoms with E-state index in [-0.39, 0.29) is 70.7 Å². The van der Waals surface area contributed by atoms with Crippen LogP contribution in [0.5, 0.6) is 5.75 Å². The molecule has 0 radical (unpaired) electrons. The molecule has 5 aliphatic carbocycles. The smallest absolute Gasteiger partial charge is 0.338 e. The van der Waals surface area contributed by atoms with Crippen molar-refractivity contribution >= 4 is 11.9 Å². The number of hydrogen-bond donors (Lipinski definition) is 0. The van der Waals surface area contributed by atoms with Gasteiger partial charge in [-0.05, 0) is 56.0 Å². The minimum absolute atomic E-state index is 0.0203. The second kappa shape index (κ2) is 11.2. The summed E-state index contributed by atoms with van der Waals surface area (Å²) in [4.78, 5) is 29.7. The molecule has 1 aromatic carbocycles. The van der Waals surface area contributed by atoms with E-state index in [0.717, 1.165) is 32.4 Å². The first kappa shape index (κ1) is 31.4. The van der Waals surface area contributed by atoms with Crippen LogP contribution in [0.25, 0.3) is 0 Å². The highest BCUT2D eigenvalue weighted by Gasteiger charge is 2.88. The van der Waals surface area contributed by atoms with E-state index in [1.165, 1.54) is 6.92 Å². The summed E-state index contributed by atoms with van der Waals surface area (Å²) in [6, 6.07) is 7.07. The molecule has 7 bridgehead atoms. The predicted molar refractivity (Wildman–Crippen MR) is 163 cm³/mol. The maximum absolute atomic E-state index is 13.8. The monoisotopic (exact) mass is 627 g/mol. The third-order valence-electron chi connectivity index (χ3n) is 13.2. The van der Waals surface area contributed by atoms with Gasteiger partial charge in [0.15, 0.2) is 0 Å². The second-order valence-corrected chi connectivity index (χ2v) is 14.4. The third kappa shape index (κ3) is 3.98. The molecule has 6 fully saturated rings. The van der Waals surface area contributed by atoms with Gasteiger partial charge >= 0.3 is 11.9 Å². The summed E-state index contributed by atoms with van der Waals surface area (Å²) in [6.07, 6.45) is 2.27. The highest BCUT2D eigenvalue weighted by molar-refractivity contribution is 5.89. The first-order valence-electron chi connectivity index (χ1n) is 16.6. The van der Waals surface area contributed by atoms with Crippen molar-refractivity contribution in [3.05, 3.63) is 29.8 Å². The fourth-order valence-corrected chi connectivity index (χ4v) is 12.4. The average molecular weight is 628 g/mol. The number of carbonyl (C=O) groups excluding carboxylic acids is 2. The number of carbonyl (C=O) groups is 2. The summed E-state index contributed by atoms with van der Waals surface area (Å²) in [6.45, 7) is 6.11. The Balaban J connectivity index is 1.43. The molecule has 10 heteroatoms. The van der Waals surface area contributed by atoms with Crippen LogP contribution in [0.1, 0.15) is 49.9 Å². The molecule has 0 amide bonds. The minimum Gasteiger partial charge on any atom is -0.497 e. The molecule has 10 nitrogen and oxygen atoms in total. The normalized spacial score (nSPS) is 45.7. The van der Waals surface area contributed by atoms with Crippen molar-refractivity contribution in [3.8, 4) is 5.75 Å². The molecule has 5 saturated carbocycles. The minimum atomic E-state index is -0.947. The molecule has 45 heavy (non-hydrogen) atoms. The molecule has 0 aromatic heterocycles. The lowest BCUT2D eigenvalue weighted by molar-refractivity contribution is -0.280. The van der Waals surface area contributed by atoms with E-state index in [2.05, 4.69) is 11.8 Å². The van der Waals surface area contributed by atoms with Crippen molar-refractivity contribution in [1.29, 1.82) is 0 Å². The van der Waals surface area contributed by atoms with E-state index < -0.39 is 17.7 Å². The Morgan fingerprint density at radius 3 is 2.33 bits per heavy atom. The summed E-state index contributed by atoms with van der Waals surface area (Å²) < 4.78 is 44.1. The van der Waals surface area contributed by atoms with Crippen LogP contribution in [0.2, 0.25) is 0 Å². The van der Waals surface area contributed by atoms with Crippen molar-refractivity contribution in [2.75, 3.05) is 55.2 Å². The predicted octanol–water partition coefficient (Wildman–Crippen LogP) is 3.60. The van der Waals surface area contributed by atoms with E-state index in [1.54, 1.807) is 45.6 Å². The Labute approximate surface area is 266 Å². The topological polar surface area (TPSA) is 102 Å². The Bertz CT molecular complexity index is 1310. The molecular formula is C35H49NO9. The van der Waals surface area contributed by atoms with E-state index in [4.69, 9.17) is 33.2 Å². The number of benzene rings is 1. The van der Waals surface area contributed by atoms with Gasteiger partial charge in [-0.2, -0.15) is 0 Å². The molecule has 6 aliphatic rings. The first-order valence-corrected chi connectivity index (χ1v) is 16.6. The van der Waals surface area contributed by atoms with Gasteiger partial charge in [0.05, 0.1) is 37.6 Å². The lowest BCUT2D eigenvalue weighted by atomic mass is 9.43. The Morgan fingerprint density at radius 2 is 1.73 bits per heavy atom. The Kier molecular flexibility index (Phi) is 7.80. The zero-order valence-electron chi connectivity index (χ0n) is 27.7. The number of piperidine rings is 1. The number of esters is 2. The number of nitrogens with zero attached hydrogens (tertiary/aromatic N) is 1. The fourth-order valence-electron chi connectivity index (χ4n) is 12.4. The van der Waals surface area contributed by atoms with E-state index in [1.807, 2.05) is 14.2 Å². The lowest BCUT2D eigenvalue weighted by Gasteiger charge is -2.69. The summed E-state index contributed by atoms with van der Waals surface area (Å²) >= 11 is 0. The van der Waals surface area contributed by atoms with Crippen molar-refractivity contribution in [3.63, 3.8) is 0 Å². The van der Waals surface area contributed by atoms with Crippen LogP contribution in [-0.2, 0) is 33.2 Å². The second-order valence-electron chi connectivity index (χ2n) is 14.4. The quantitative estimate of drug-likeness (QED) is 0.358. The van der Waals surface area contributed by atoms with Crippen molar-refractivity contribution < 1.29 is 42.7 Å². The molecule has 1 saturated heterocycles. The van der Waals surface area contributed by atoms with Crippen LogP contribution in [0.4, 0.5) is 0 Å². The van der Waals surface area contributed by atoms with E-state index >= 15 is 0 Å². The van der Waals surface area contributed by atoms with Gasteiger partial charge in [0.25, 0.3) is 0 Å².